The van der Waals surface area contributed by atoms with E-state index in [2.05, 4.69) is 20.0 Å². The summed E-state index contributed by atoms with van der Waals surface area (Å²) in [6.45, 7) is 5.63. The van der Waals surface area contributed by atoms with Gasteiger partial charge in [-0.25, -0.2) is 18.1 Å². The van der Waals surface area contributed by atoms with E-state index in [9.17, 15) is 13.2 Å². The lowest BCUT2D eigenvalue weighted by molar-refractivity contribution is 0.0953. The van der Waals surface area contributed by atoms with E-state index in [0.29, 0.717) is 19.4 Å². The van der Waals surface area contributed by atoms with Gasteiger partial charge < -0.3 is 10.3 Å². The van der Waals surface area contributed by atoms with Gasteiger partial charge >= 0.3 is 0 Å². The maximum atomic E-state index is 12.6. The molecule has 0 saturated carbocycles. The highest BCUT2D eigenvalue weighted by Crippen LogP contribution is 2.24. The number of amides is 1. The molecule has 0 aliphatic heterocycles. The first-order valence-corrected chi connectivity index (χ1v) is 11.5. The minimum absolute atomic E-state index is 0.0631. The summed E-state index contributed by atoms with van der Waals surface area (Å²) in [7, 11) is -3.85. The fourth-order valence-electron chi connectivity index (χ4n) is 2.99. The number of carbonyl (C=O) groups excluding carboxylic acids is 1. The average Bonchev–Trinajstić information content (AvgIpc) is 3.06. The van der Waals surface area contributed by atoms with Crippen LogP contribution in [-0.4, -0.2) is 36.4 Å². The van der Waals surface area contributed by atoms with E-state index >= 15 is 0 Å². The molecule has 160 valence electrons. The molecule has 0 fully saturated rings. The van der Waals surface area contributed by atoms with Gasteiger partial charge in [0.15, 0.2) is 0 Å². The first-order valence-electron chi connectivity index (χ1n) is 9.60. The van der Waals surface area contributed by atoms with Crippen LogP contribution in [-0.2, 0) is 16.4 Å². The predicted molar refractivity (Wildman–Crippen MR) is 118 cm³/mol. The van der Waals surface area contributed by atoms with Crippen molar-refractivity contribution in [2.75, 3.05) is 6.54 Å². The number of carbonyl (C=O) groups is 1. The number of hydrogen-bond donors (Lipinski definition) is 3. The molecule has 0 bridgehead atoms. The van der Waals surface area contributed by atoms with Crippen molar-refractivity contribution in [3.05, 3.63) is 58.9 Å². The lowest BCUT2D eigenvalue weighted by Gasteiger charge is -2.21. The molecule has 0 radical (unpaired) electrons. The standard InChI is InChI=1S/C21H25ClN4O3S/c1-21(2,3)26-30(28,29)18-13-14(10-11-15(18)22)20(27)23-12-6-9-19-24-16-7-4-5-8-17(16)25-19/h4-5,7-8,10-11,13,26H,6,9,12H2,1-3H3,(H,23,27)(H,24,25). The molecule has 3 N–H and O–H groups in total. The van der Waals surface area contributed by atoms with Gasteiger partial charge in [0.25, 0.3) is 5.91 Å². The van der Waals surface area contributed by atoms with Crippen LogP contribution in [0, 0.1) is 0 Å². The number of fused-ring (bicyclic) bond motifs is 1. The predicted octanol–water partition coefficient (Wildman–Crippen LogP) is 3.66. The second-order valence-electron chi connectivity index (χ2n) is 8.06. The van der Waals surface area contributed by atoms with Crippen molar-refractivity contribution in [2.24, 2.45) is 0 Å². The molecular formula is C21H25ClN4O3S. The zero-order valence-electron chi connectivity index (χ0n) is 17.1. The van der Waals surface area contributed by atoms with Crippen LogP contribution < -0.4 is 10.0 Å². The van der Waals surface area contributed by atoms with E-state index in [1.807, 2.05) is 24.3 Å². The maximum absolute atomic E-state index is 12.6. The van der Waals surface area contributed by atoms with E-state index in [0.717, 1.165) is 16.9 Å². The number of halogens is 1. The van der Waals surface area contributed by atoms with Crippen LogP contribution >= 0.6 is 11.6 Å². The second kappa shape index (κ2) is 8.75. The van der Waals surface area contributed by atoms with Crippen molar-refractivity contribution < 1.29 is 13.2 Å². The minimum Gasteiger partial charge on any atom is -0.352 e. The molecule has 0 saturated heterocycles. The number of nitrogens with zero attached hydrogens (tertiary/aromatic N) is 1. The number of aryl methyl sites for hydroxylation is 1. The summed E-state index contributed by atoms with van der Waals surface area (Å²) in [6.07, 6.45) is 1.38. The summed E-state index contributed by atoms with van der Waals surface area (Å²) in [5, 5.41) is 2.87. The van der Waals surface area contributed by atoms with Crippen LogP contribution in [0.4, 0.5) is 0 Å². The fourth-order valence-corrected chi connectivity index (χ4v) is 4.94. The second-order valence-corrected chi connectivity index (χ2v) is 10.1. The van der Waals surface area contributed by atoms with Crippen molar-refractivity contribution in [1.29, 1.82) is 0 Å². The number of hydrogen-bond acceptors (Lipinski definition) is 4. The van der Waals surface area contributed by atoms with Crippen molar-refractivity contribution in [3.8, 4) is 0 Å². The van der Waals surface area contributed by atoms with E-state index in [1.54, 1.807) is 20.8 Å². The molecule has 30 heavy (non-hydrogen) atoms. The topological polar surface area (TPSA) is 104 Å². The van der Waals surface area contributed by atoms with Gasteiger partial charge in [0, 0.05) is 24.1 Å². The number of rotatable bonds is 7. The van der Waals surface area contributed by atoms with Gasteiger partial charge in [0.05, 0.1) is 16.1 Å². The Morgan fingerprint density at radius 1 is 1.17 bits per heavy atom. The van der Waals surface area contributed by atoms with Crippen LogP contribution in [0.5, 0.6) is 0 Å². The summed E-state index contributed by atoms with van der Waals surface area (Å²) < 4.78 is 27.7. The molecule has 2 aromatic carbocycles. The Morgan fingerprint density at radius 2 is 1.90 bits per heavy atom. The lowest BCUT2D eigenvalue weighted by atomic mass is 10.1. The Hall–Kier alpha value is -2.42. The summed E-state index contributed by atoms with van der Waals surface area (Å²) in [4.78, 5) is 20.1. The van der Waals surface area contributed by atoms with Crippen LogP contribution in [0.15, 0.2) is 47.4 Å². The van der Waals surface area contributed by atoms with Crippen LogP contribution in [0.3, 0.4) is 0 Å². The third-order valence-corrected chi connectivity index (χ3v) is 6.48. The smallest absolute Gasteiger partial charge is 0.251 e. The third kappa shape index (κ3) is 5.59. The number of aromatic amines is 1. The van der Waals surface area contributed by atoms with Crippen molar-refractivity contribution in [3.63, 3.8) is 0 Å². The quantitative estimate of drug-likeness (QED) is 0.480. The van der Waals surface area contributed by atoms with Gasteiger partial charge in [-0.2, -0.15) is 0 Å². The summed E-state index contributed by atoms with van der Waals surface area (Å²) in [5.41, 5.74) is 1.46. The van der Waals surface area contributed by atoms with E-state index in [1.165, 1.54) is 18.2 Å². The van der Waals surface area contributed by atoms with E-state index < -0.39 is 15.6 Å². The molecule has 0 aliphatic carbocycles. The van der Waals surface area contributed by atoms with Crippen LogP contribution in [0.25, 0.3) is 11.0 Å². The van der Waals surface area contributed by atoms with Crippen molar-refractivity contribution >= 4 is 38.6 Å². The van der Waals surface area contributed by atoms with E-state index in [-0.39, 0.29) is 21.4 Å². The molecular weight excluding hydrogens is 424 g/mol. The largest absolute Gasteiger partial charge is 0.352 e. The fraction of sp³-hybridized carbons (Fsp3) is 0.333. The molecule has 3 rings (SSSR count). The van der Waals surface area contributed by atoms with Gasteiger partial charge in [-0.3, -0.25) is 4.79 Å². The third-order valence-electron chi connectivity index (χ3n) is 4.24. The zero-order valence-corrected chi connectivity index (χ0v) is 18.7. The average molecular weight is 449 g/mol. The highest BCUT2D eigenvalue weighted by Gasteiger charge is 2.25. The monoisotopic (exact) mass is 448 g/mol. The maximum Gasteiger partial charge on any atom is 0.251 e. The Morgan fingerprint density at radius 3 is 2.60 bits per heavy atom. The van der Waals surface area contributed by atoms with Crippen molar-refractivity contribution in [1.82, 2.24) is 20.0 Å². The zero-order chi connectivity index (χ0) is 21.9. The van der Waals surface area contributed by atoms with Gasteiger partial charge in [-0.1, -0.05) is 23.7 Å². The molecule has 0 aliphatic rings. The molecule has 7 nitrogen and oxygen atoms in total. The summed E-state index contributed by atoms with van der Waals surface area (Å²) in [6, 6.07) is 12.0. The van der Waals surface area contributed by atoms with Gasteiger partial charge in [-0.15, -0.1) is 0 Å². The normalized spacial score (nSPS) is 12.3. The minimum atomic E-state index is -3.85. The number of H-pyrrole nitrogens is 1. The number of aromatic nitrogens is 2. The molecule has 0 spiro atoms. The molecule has 0 atom stereocenters. The number of para-hydroxylation sites is 2. The van der Waals surface area contributed by atoms with Crippen LogP contribution in [0.1, 0.15) is 43.4 Å². The molecule has 1 heterocycles. The van der Waals surface area contributed by atoms with Crippen LogP contribution in [0.2, 0.25) is 5.02 Å². The Bertz CT molecular complexity index is 1130. The SMILES string of the molecule is CC(C)(C)NS(=O)(=O)c1cc(C(=O)NCCCc2nc3ccccc3[nH]2)ccc1Cl. The Kier molecular flexibility index (Phi) is 6.50. The highest BCUT2D eigenvalue weighted by atomic mass is 35.5. The molecule has 3 aromatic rings. The summed E-state index contributed by atoms with van der Waals surface area (Å²) in [5.74, 6) is 0.502. The number of nitrogens with one attached hydrogen (secondary N) is 3. The van der Waals surface area contributed by atoms with Gasteiger partial charge in [0.1, 0.15) is 10.7 Å². The lowest BCUT2D eigenvalue weighted by Crippen LogP contribution is -2.40. The number of benzene rings is 2. The Balaban J connectivity index is 1.61. The number of sulfonamides is 1. The first kappa shape index (κ1) is 22.3. The molecule has 9 heteroatoms. The summed E-state index contributed by atoms with van der Waals surface area (Å²) >= 11 is 6.08. The van der Waals surface area contributed by atoms with Crippen molar-refractivity contribution in [2.45, 2.75) is 44.0 Å². The molecule has 1 amide bonds. The van der Waals surface area contributed by atoms with Gasteiger partial charge in [0.2, 0.25) is 10.0 Å². The first-order chi connectivity index (χ1) is 14.0. The molecule has 0 unspecified atom stereocenters. The molecule has 1 aromatic heterocycles. The number of imidazole rings is 1. The van der Waals surface area contributed by atoms with Gasteiger partial charge in [-0.05, 0) is 57.5 Å². The Labute approximate surface area is 181 Å². The highest BCUT2D eigenvalue weighted by molar-refractivity contribution is 7.89. The van der Waals surface area contributed by atoms with E-state index in [4.69, 9.17) is 11.6 Å².